The lowest BCUT2D eigenvalue weighted by atomic mass is 10.2. The minimum Gasteiger partial charge on any atom is -0.358 e. The molecule has 0 aliphatic carbocycles. The van der Waals surface area contributed by atoms with E-state index in [1.807, 2.05) is 13.0 Å². The molecule has 0 amide bonds. The van der Waals surface area contributed by atoms with Crippen molar-refractivity contribution in [2.75, 3.05) is 9.62 Å². The van der Waals surface area contributed by atoms with E-state index in [4.69, 9.17) is 11.6 Å². The van der Waals surface area contributed by atoms with Gasteiger partial charge >= 0.3 is 0 Å². The molecule has 9 nitrogen and oxygen atoms in total. The van der Waals surface area contributed by atoms with Crippen LogP contribution in [0.1, 0.15) is 6.92 Å². The van der Waals surface area contributed by atoms with Crippen LogP contribution >= 0.6 is 11.6 Å². The topological polar surface area (TPSA) is 116 Å². The molecular formula is C20H16ClN7O2S. The van der Waals surface area contributed by atoms with Gasteiger partial charge in [-0.05, 0) is 31.2 Å². The highest BCUT2D eigenvalue weighted by Crippen LogP contribution is 2.40. The van der Waals surface area contributed by atoms with E-state index in [0.29, 0.717) is 22.7 Å². The van der Waals surface area contributed by atoms with E-state index in [-0.39, 0.29) is 21.4 Å². The average Bonchev–Trinajstić information content (AvgIpc) is 3.23. The number of hydrogen-bond acceptors (Lipinski definition) is 7. The van der Waals surface area contributed by atoms with Crippen LogP contribution in [-0.4, -0.2) is 40.2 Å². The smallest absolute Gasteiger partial charge is 0.273 e. The average molecular weight is 454 g/mol. The second-order valence-electron chi connectivity index (χ2n) is 6.85. The molecule has 5 rings (SSSR count). The minimum atomic E-state index is -4.01. The number of aromatic nitrogens is 4. The maximum Gasteiger partial charge on any atom is 0.273 e. The van der Waals surface area contributed by atoms with Crippen molar-refractivity contribution in [2.24, 2.45) is 4.99 Å². The quantitative estimate of drug-likeness (QED) is 0.486. The largest absolute Gasteiger partial charge is 0.358 e. The summed E-state index contributed by atoms with van der Waals surface area (Å²) in [6, 6.07) is 13.1. The van der Waals surface area contributed by atoms with Gasteiger partial charge in [0.15, 0.2) is 11.5 Å². The molecule has 1 atom stereocenters. The van der Waals surface area contributed by atoms with Crippen molar-refractivity contribution < 1.29 is 8.42 Å². The first-order valence-electron chi connectivity index (χ1n) is 9.35. The van der Waals surface area contributed by atoms with Gasteiger partial charge in [0, 0.05) is 0 Å². The summed E-state index contributed by atoms with van der Waals surface area (Å²) in [6.45, 7) is 1.81. The van der Waals surface area contributed by atoms with Crippen molar-refractivity contribution in [3.63, 3.8) is 0 Å². The Morgan fingerprint density at radius 1 is 1.06 bits per heavy atom. The molecule has 0 unspecified atom stereocenters. The van der Waals surface area contributed by atoms with Crippen molar-refractivity contribution in [3.8, 4) is 0 Å². The lowest BCUT2D eigenvalue weighted by Gasteiger charge is -2.33. The van der Waals surface area contributed by atoms with Crippen LogP contribution in [0.3, 0.4) is 0 Å². The number of nitrogens with zero attached hydrogens (tertiary/aromatic N) is 5. The van der Waals surface area contributed by atoms with E-state index in [0.717, 1.165) is 0 Å². The molecule has 31 heavy (non-hydrogen) atoms. The third-order valence-corrected chi connectivity index (χ3v) is 7.09. The standard InChI is InChI=1S/C20H16ClN7O2S/c1-12(26-19-16-18(23-10-22-16)24-11-25-19)20-27-15-9-5-8-14(21)17(15)31(29,30)28(20)13-6-3-2-4-7-13/h2-12H,1H3,(H2,22,23,24,25,26)/t12-/m1/s1. The van der Waals surface area contributed by atoms with Gasteiger partial charge in [-0.2, -0.15) is 0 Å². The van der Waals surface area contributed by atoms with Crippen LogP contribution in [0.25, 0.3) is 11.2 Å². The van der Waals surface area contributed by atoms with E-state index in [1.165, 1.54) is 17.0 Å². The zero-order chi connectivity index (χ0) is 21.6. The van der Waals surface area contributed by atoms with Gasteiger partial charge in [-0.1, -0.05) is 35.9 Å². The van der Waals surface area contributed by atoms with Crippen LogP contribution < -0.4 is 9.62 Å². The fourth-order valence-corrected chi connectivity index (χ4v) is 5.66. The van der Waals surface area contributed by atoms with E-state index < -0.39 is 16.1 Å². The van der Waals surface area contributed by atoms with Crippen LogP contribution in [0.2, 0.25) is 5.02 Å². The number of aliphatic imine (C=N–C) groups is 1. The van der Waals surface area contributed by atoms with Crippen molar-refractivity contribution >= 4 is 55.8 Å². The third-order valence-electron chi connectivity index (χ3n) is 4.84. The van der Waals surface area contributed by atoms with Gasteiger partial charge in [0.2, 0.25) is 0 Å². The first-order chi connectivity index (χ1) is 15.0. The second kappa shape index (κ2) is 7.33. The number of amidine groups is 1. The minimum absolute atomic E-state index is 0.0190. The Kier molecular flexibility index (Phi) is 4.60. The third kappa shape index (κ3) is 3.20. The first kappa shape index (κ1) is 19.5. The SMILES string of the molecule is C[C@@H](Nc1ncnc2nc[nH]c12)C1=Nc2cccc(Cl)c2S(=O)(=O)N1c1ccccc1. The number of para-hydroxylation sites is 1. The van der Waals surface area contributed by atoms with Crippen LogP contribution in [0.15, 0.2) is 71.1 Å². The van der Waals surface area contributed by atoms with Crippen LogP contribution in [-0.2, 0) is 10.0 Å². The maximum absolute atomic E-state index is 13.7. The molecule has 1 aliphatic heterocycles. The highest BCUT2D eigenvalue weighted by Gasteiger charge is 2.39. The van der Waals surface area contributed by atoms with E-state index in [9.17, 15) is 8.42 Å². The molecule has 11 heteroatoms. The summed E-state index contributed by atoms with van der Waals surface area (Å²) in [7, 11) is -4.01. The summed E-state index contributed by atoms with van der Waals surface area (Å²) >= 11 is 6.27. The Balaban J connectivity index is 1.66. The van der Waals surface area contributed by atoms with E-state index >= 15 is 0 Å². The summed E-state index contributed by atoms with van der Waals surface area (Å²) in [5, 5.41) is 3.35. The number of benzene rings is 2. The highest BCUT2D eigenvalue weighted by molar-refractivity contribution is 7.94. The number of rotatable bonds is 4. The van der Waals surface area contributed by atoms with Crippen molar-refractivity contribution in [1.82, 2.24) is 19.9 Å². The fourth-order valence-electron chi connectivity index (χ4n) is 3.48. The molecule has 0 fully saturated rings. The number of halogens is 1. The Bertz CT molecular complexity index is 1420. The van der Waals surface area contributed by atoms with E-state index in [1.54, 1.807) is 42.5 Å². The molecule has 2 aromatic heterocycles. The molecule has 2 aromatic carbocycles. The van der Waals surface area contributed by atoms with Crippen LogP contribution in [0, 0.1) is 0 Å². The molecule has 0 radical (unpaired) electrons. The van der Waals surface area contributed by atoms with Gasteiger partial charge in [0.25, 0.3) is 10.0 Å². The van der Waals surface area contributed by atoms with Crippen molar-refractivity contribution in [1.29, 1.82) is 0 Å². The van der Waals surface area contributed by atoms with Gasteiger partial charge < -0.3 is 10.3 Å². The fraction of sp³-hybridized carbons (Fsp3) is 0.100. The van der Waals surface area contributed by atoms with Crippen LogP contribution in [0.4, 0.5) is 17.2 Å². The second-order valence-corrected chi connectivity index (χ2v) is 8.98. The molecule has 3 heterocycles. The number of anilines is 2. The zero-order valence-corrected chi connectivity index (χ0v) is 17.8. The predicted molar refractivity (Wildman–Crippen MR) is 119 cm³/mol. The van der Waals surface area contributed by atoms with Crippen molar-refractivity contribution in [3.05, 3.63) is 66.2 Å². The monoisotopic (exact) mass is 453 g/mol. The molecule has 1 aliphatic rings. The molecule has 0 spiro atoms. The van der Waals surface area contributed by atoms with Gasteiger partial charge in [-0.3, -0.25) is 0 Å². The normalized spacial score (nSPS) is 15.9. The molecule has 0 bridgehead atoms. The first-order valence-corrected chi connectivity index (χ1v) is 11.2. The Labute approximate surface area is 182 Å². The van der Waals surface area contributed by atoms with Gasteiger partial charge in [0.05, 0.1) is 28.8 Å². The summed E-state index contributed by atoms with van der Waals surface area (Å²) in [4.78, 5) is 20.1. The molecule has 156 valence electrons. The number of sulfonamides is 1. The number of nitrogens with one attached hydrogen (secondary N) is 2. The maximum atomic E-state index is 13.7. The predicted octanol–water partition coefficient (Wildman–Crippen LogP) is 3.75. The molecular weight excluding hydrogens is 438 g/mol. The summed E-state index contributed by atoms with van der Waals surface area (Å²) in [5.41, 5.74) is 1.86. The van der Waals surface area contributed by atoms with Crippen LogP contribution in [0.5, 0.6) is 0 Å². The summed E-state index contributed by atoms with van der Waals surface area (Å²) in [5.74, 6) is 0.771. The van der Waals surface area contributed by atoms with E-state index in [2.05, 4.69) is 30.2 Å². The summed E-state index contributed by atoms with van der Waals surface area (Å²) in [6.07, 6.45) is 2.91. The molecule has 2 N–H and O–H groups in total. The molecule has 0 saturated heterocycles. The lowest BCUT2D eigenvalue weighted by molar-refractivity contribution is 0.596. The zero-order valence-electron chi connectivity index (χ0n) is 16.2. The number of imidazole rings is 1. The number of hydrogen-bond donors (Lipinski definition) is 2. The molecule has 4 aromatic rings. The number of H-pyrrole nitrogens is 1. The highest BCUT2D eigenvalue weighted by atomic mass is 35.5. The lowest BCUT2D eigenvalue weighted by Crippen LogP contribution is -2.47. The van der Waals surface area contributed by atoms with Gasteiger partial charge in [-0.25, -0.2) is 32.7 Å². The number of aromatic amines is 1. The van der Waals surface area contributed by atoms with Crippen molar-refractivity contribution in [2.45, 2.75) is 17.9 Å². The Hall–Kier alpha value is -3.50. The summed E-state index contributed by atoms with van der Waals surface area (Å²) < 4.78 is 28.5. The molecule has 0 saturated carbocycles. The van der Waals surface area contributed by atoms with Gasteiger partial charge in [-0.15, -0.1) is 0 Å². The Morgan fingerprint density at radius 3 is 2.68 bits per heavy atom. The Morgan fingerprint density at radius 2 is 1.87 bits per heavy atom. The van der Waals surface area contributed by atoms with Gasteiger partial charge in [0.1, 0.15) is 22.6 Å². The number of fused-ring (bicyclic) bond motifs is 2.